The van der Waals surface area contributed by atoms with Crippen molar-refractivity contribution in [2.45, 2.75) is 30.6 Å². The van der Waals surface area contributed by atoms with Crippen molar-refractivity contribution in [2.75, 3.05) is 32.6 Å². The van der Waals surface area contributed by atoms with Crippen molar-refractivity contribution in [1.29, 1.82) is 0 Å². The van der Waals surface area contributed by atoms with Gasteiger partial charge >= 0.3 is 0 Å². The van der Waals surface area contributed by atoms with Gasteiger partial charge in [0.05, 0.1) is 25.0 Å². The highest BCUT2D eigenvalue weighted by Gasteiger charge is 2.19. The van der Waals surface area contributed by atoms with Crippen LogP contribution in [0, 0.1) is 0 Å². The van der Waals surface area contributed by atoms with E-state index in [0.717, 1.165) is 19.4 Å². The van der Waals surface area contributed by atoms with Gasteiger partial charge < -0.3 is 14.8 Å². The van der Waals surface area contributed by atoms with Crippen molar-refractivity contribution < 1.29 is 14.3 Å². The fraction of sp³-hybridized carbons (Fsp3) is 0.818. The van der Waals surface area contributed by atoms with Gasteiger partial charge in [-0.1, -0.05) is 11.8 Å². The lowest BCUT2D eigenvalue weighted by Crippen LogP contribution is -2.28. The minimum atomic E-state index is -0.0567. The molecule has 1 aromatic rings. The Balaban J connectivity index is 1.75. The number of aromatic nitrogens is 4. The Morgan fingerprint density at radius 1 is 1.65 bits per heavy atom. The van der Waals surface area contributed by atoms with E-state index < -0.39 is 0 Å². The summed E-state index contributed by atoms with van der Waals surface area (Å²) in [6, 6.07) is 0. The lowest BCUT2D eigenvalue weighted by Gasteiger charge is -2.09. The minimum absolute atomic E-state index is 0.0567. The van der Waals surface area contributed by atoms with E-state index in [9.17, 15) is 4.79 Å². The smallest absolute Gasteiger partial charge is 0.230 e. The van der Waals surface area contributed by atoms with Crippen LogP contribution < -0.4 is 5.32 Å². The zero-order chi connectivity index (χ0) is 14.2. The first-order chi connectivity index (χ1) is 9.79. The van der Waals surface area contributed by atoms with Crippen LogP contribution in [0.4, 0.5) is 0 Å². The first kappa shape index (κ1) is 15.2. The van der Waals surface area contributed by atoms with Crippen molar-refractivity contribution in [3.63, 3.8) is 0 Å². The molecule has 112 valence electrons. The third kappa shape index (κ3) is 4.73. The summed E-state index contributed by atoms with van der Waals surface area (Å²) >= 11 is 1.32. The fourth-order valence-electron chi connectivity index (χ4n) is 1.87. The third-order valence-corrected chi connectivity index (χ3v) is 3.82. The molecular weight excluding hydrogens is 282 g/mol. The number of ether oxygens (including phenoxy) is 2. The molecule has 0 unspecified atom stereocenters. The van der Waals surface area contributed by atoms with Gasteiger partial charge in [0, 0.05) is 20.3 Å². The van der Waals surface area contributed by atoms with Crippen LogP contribution in [-0.4, -0.2) is 64.8 Å². The second kappa shape index (κ2) is 8.18. The summed E-state index contributed by atoms with van der Waals surface area (Å²) in [5.41, 5.74) is 0. The summed E-state index contributed by atoms with van der Waals surface area (Å²) in [4.78, 5) is 11.6. The molecule has 1 fully saturated rings. The Kier molecular flexibility index (Phi) is 6.22. The number of hydrogen-bond donors (Lipinski definition) is 1. The molecule has 1 atom stereocenters. The van der Waals surface area contributed by atoms with Gasteiger partial charge in [-0.2, -0.15) is 0 Å². The molecule has 9 heteroatoms. The van der Waals surface area contributed by atoms with Crippen LogP contribution in [0.5, 0.6) is 0 Å². The SMILES string of the molecule is COCCNC(=O)CSc1nnnn1C[C@H]1CCCO1. The molecular formula is C11H19N5O3S. The average molecular weight is 301 g/mol. The number of amides is 1. The topological polar surface area (TPSA) is 91.2 Å². The van der Waals surface area contributed by atoms with Gasteiger partial charge in [-0.15, -0.1) is 5.10 Å². The first-order valence-corrected chi connectivity index (χ1v) is 7.54. The molecule has 0 aliphatic carbocycles. The van der Waals surface area contributed by atoms with Crippen LogP contribution >= 0.6 is 11.8 Å². The summed E-state index contributed by atoms with van der Waals surface area (Å²) in [5.74, 6) is 0.231. The Labute approximate surface area is 121 Å². The molecule has 0 spiro atoms. The average Bonchev–Trinajstić information content (AvgIpc) is 3.09. The van der Waals surface area contributed by atoms with Crippen LogP contribution in [0.3, 0.4) is 0 Å². The van der Waals surface area contributed by atoms with Crippen molar-refractivity contribution >= 4 is 17.7 Å². The standard InChI is InChI=1S/C11H19N5O3S/c1-18-6-4-12-10(17)8-20-11-13-14-15-16(11)7-9-3-2-5-19-9/h9H,2-8H2,1H3,(H,12,17)/t9-/m1/s1. The molecule has 1 amide bonds. The van der Waals surface area contributed by atoms with Crippen LogP contribution in [0.25, 0.3) is 0 Å². The molecule has 0 radical (unpaired) electrons. The number of carbonyl (C=O) groups excluding carboxylic acids is 1. The first-order valence-electron chi connectivity index (χ1n) is 6.56. The lowest BCUT2D eigenvalue weighted by atomic mass is 10.2. The van der Waals surface area contributed by atoms with Gasteiger partial charge in [0.2, 0.25) is 11.1 Å². The Hall–Kier alpha value is -1.19. The molecule has 0 bridgehead atoms. The number of rotatable bonds is 8. The van der Waals surface area contributed by atoms with E-state index in [1.807, 2.05) is 0 Å². The molecule has 1 saturated heterocycles. The zero-order valence-electron chi connectivity index (χ0n) is 11.4. The molecule has 20 heavy (non-hydrogen) atoms. The summed E-state index contributed by atoms with van der Waals surface area (Å²) in [5, 5.41) is 14.9. The highest BCUT2D eigenvalue weighted by molar-refractivity contribution is 7.99. The molecule has 1 aliphatic rings. The Bertz CT molecular complexity index is 422. The van der Waals surface area contributed by atoms with Gasteiger partial charge in [0.1, 0.15) is 0 Å². The maximum absolute atomic E-state index is 11.6. The number of thioether (sulfide) groups is 1. The minimum Gasteiger partial charge on any atom is -0.383 e. The molecule has 2 rings (SSSR count). The second-order valence-corrected chi connectivity index (χ2v) is 5.35. The molecule has 8 nitrogen and oxygen atoms in total. The highest BCUT2D eigenvalue weighted by Crippen LogP contribution is 2.18. The quantitative estimate of drug-likeness (QED) is 0.521. The maximum Gasteiger partial charge on any atom is 0.230 e. The maximum atomic E-state index is 11.6. The van der Waals surface area contributed by atoms with Crippen molar-refractivity contribution in [3.8, 4) is 0 Å². The van der Waals surface area contributed by atoms with Gasteiger partial charge in [0.25, 0.3) is 0 Å². The van der Waals surface area contributed by atoms with Crippen LogP contribution in [0.2, 0.25) is 0 Å². The van der Waals surface area contributed by atoms with Crippen molar-refractivity contribution in [2.24, 2.45) is 0 Å². The number of carbonyl (C=O) groups is 1. The van der Waals surface area contributed by atoms with E-state index in [-0.39, 0.29) is 17.8 Å². The van der Waals surface area contributed by atoms with Crippen molar-refractivity contribution in [3.05, 3.63) is 0 Å². The Morgan fingerprint density at radius 3 is 3.30 bits per heavy atom. The number of nitrogens with zero attached hydrogens (tertiary/aromatic N) is 4. The third-order valence-electron chi connectivity index (χ3n) is 2.86. The largest absolute Gasteiger partial charge is 0.383 e. The van der Waals surface area contributed by atoms with Gasteiger partial charge in [-0.3, -0.25) is 4.79 Å². The Morgan fingerprint density at radius 2 is 2.55 bits per heavy atom. The van der Waals surface area contributed by atoms with E-state index in [1.165, 1.54) is 11.8 Å². The zero-order valence-corrected chi connectivity index (χ0v) is 12.3. The summed E-state index contributed by atoms with van der Waals surface area (Å²) in [6.07, 6.45) is 2.28. The monoisotopic (exact) mass is 301 g/mol. The molecule has 0 aromatic carbocycles. The normalized spacial score (nSPS) is 18.4. The molecule has 1 aromatic heterocycles. The predicted molar refractivity (Wildman–Crippen MR) is 72.4 cm³/mol. The molecule has 1 aliphatic heterocycles. The number of methoxy groups -OCH3 is 1. The van der Waals surface area contributed by atoms with Crippen LogP contribution in [-0.2, 0) is 20.8 Å². The van der Waals surface area contributed by atoms with Gasteiger partial charge in [-0.25, -0.2) is 4.68 Å². The summed E-state index contributed by atoms with van der Waals surface area (Å²) in [6.45, 7) is 2.46. The van der Waals surface area contributed by atoms with E-state index >= 15 is 0 Å². The summed E-state index contributed by atoms with van der Waals surface area (Å²) < 4.78 is 12.1. The van der Waals surface area contributed by atoms with Gasteiger partial charge in [-0.05, 0) is 23.3 Å². The second-order valence-electron chi connectivity index (χ2n) is 4.41. The van der Waals surface area contributed by atoms with E-state index in [2.05, 4.69) is 20.8 Å². The highest BCUT2D eigenvalue weighted by atomic mass is 32.2. The van der Waals surface area contributed by atoms with Crippen LogP contribution in [0.1, 0.15) is 12.8 Å². The number of tetrazole rings is 1. The summed E-state index contributed by atoms with van der Waals surface area (Å²) in [7, 11) is 1.60. The van der Waals surface area contributed by atoms with Crippen LogP contribution in [0.15, 0.2) is 5.16 Å². The van der Waals surface area contributed by atoms with E-state index in [0.29, 0.717) is 24.9 Å². The van der Waals surface area contributed by atoms with E-state index in [4.69, 9.17) is 9.47 Å². The number of hydrogen-bond acceptors (Lipinski definition) is 7. The lowest BCUT2D eigenvalue weighted by molar-refractivity contribution is -0.118. The van der Waals surface area contributed by atoms with E-state index in [1.54, 1.807) is 11.8 Å². The van der Waals surface area contributed by atoms with Crippen molar-refractivity contribution in [1.82, 2.24) is 25.5 Å². The molecule has 0 saturated carbocycles. The van der Waals surface area contributed by atoms with Gasteiger partial charge in [0.15, 0.2) is 0 Å². The fourth-order valence-corrected chi connectivity index (χ4v) is 2.59. The predicted octanol–water partition coefficient (Wildman–Crippen LogP) is -0.293. The molecule has 2 heterocycles. The molecule has 1 N–H and O–H groups in total. The number of nitrogens with one attached hydrogen (secondary N) is 1.